The third kappa shape index (κ3) is 3.08. The van der Waals surface area contributed by atoms with E-state index in [-0.39, 0.29) is 24.8 Å². The number of ketones is 1. The van der Waals surface area contributed by atoms with Gasteiger partial charge in [-0.3, -0.25) is 24.6 Å². The van der Waals surface area contributed by atoms with Crippen LogP contribution < -0.4 is 5.32 Å². The van der Waals surface area contributed by atoms with Crippen LogP contribution in [-0.4, -0.2) is 41.6 Å². The van der Waals surface area contributed by atoms with Gasteiger partial charge in [-0.15, -0.1) is 0 Å². The molecule has 0 bridgehead atoms. The van der Waals surface area contributed by atoms with Crippen LogP contribution in [0.1, 0.15) is 23.7 Å². The maximum Gasteiger partial charge on any atom is 0.243 e. The standard InChI is InChI=1S/C14H15FN2O3/c1-2-11-14(20)16-13(19)8-17(11)7-12(18)9-3-5-10(15)6-4-9/h3-6,11H,2,7-8H2,1H3,(H,16,19,20). The number of nitrogens with zero attached hydrogens (tertiary/aromatic N) is 1. The summed E-state index contributed by atoms with van der Waals surface area (Å²) >= 11 is 0. The number of Topliss-reactive ketones (excluding diaryl/α,β-unsaturated/α-hetero) is 1. The second-order valence-electron chi connectivity index (χ2n) is 4.67. The van der Waals surface area contributed by atoms with E-state index in [0.29, 0.717) is 12.0 Å². The molecule has 1 aliphatic heterocycles. The van der Waals surface area contributed by atoms with Crippen LogP contribution in [0.4, 0.5) is 4.39 Å². The normalized spacial score (nSPS) is 19.8. The quantitative estimate of drug-likeness (QED) is 0.652. The van der Waals surface area contributed by atoms with Crippen molar-refractivity contribution in [2.75, 3.05) is 13.1 Å². The van der Waals surface area contributed by atoms with Gasteiger partial charge in [0.05, 0.1) is 19.1 Å². The van der Waals surface area contributed by atoms with Crippen molar-refractivity contribution in [2.24, 2.45) is 0 Å². The first-order valence-electron chi connectivity index (χ1n) is 6.37. The molecular weight excluding hydrogens is 263 g/mol. The zero-order chi connectivity index (χ0) is 14.7. The van der Waals surface area contributed by atoms with Gasteiger partial charge in [0.15, 0.2) is 5.78 Å². The molecule has 2 amide bonds. The topological polar surface area (TPSA) is 66.5 Å². The Balaban J connectivity index is 2.10. The van der Waals surface area contributed by atoms with Gasteiger partial charge in [0.1, 0.15) is 5.82 Å². The summed E-state index contributed by atoms with van der Waals surface area (Å²) in [5, 5.41) is 2.25. The maximum atomic E-state index is 12.8. The Labute approximate surface area is 115 Å². The molecule has 1 saturated heterocycles. The number of rotatable bonds is 4. The molecule has 20 heavy (non-hydrogen) atoms. The molecule has 0 spiro atoms. The number of nitrogens with one attached hydrogen (secondary N) is 1. The molecule has 0 radical (unpaired) electrons. The molecule has 1 aliphatic rings. The van der Waals surface area contributed by atoms with Gasteiger partial charge in [0, 0.05) is 5.56 Å². The fourth-order valence-corrected chi connectivity index (χ4v) is 2.24. The van der Waals surface area contributed by atoms with Crippen LogP contribution in [0.5, 0.6) is 0 Å². The average Bonchev–Trinajstić information content (AvgIpc) is 2.39. The van der Waals surface area contributed by atoms with Crippen LogP contribution in [0.25, 0.3) is 0 Å². The number of carbonyl (C=O) groups is 3. The Morgan fingerprint density at radius 2 is 2.00 bits per heavy atom. The maximum absolute atomic E-state index is 12.8. The molecule has 6 heteroatoms. The van der Waals surface area contributed by atoms with E-state index < -0.39 is 17.8 Å². The fraction of sp³-hybridized carbons (Fsp3) is 0.357. The number of amides is 2. The molecule has 1 aromatic carbocycles. The highest BCUT2D eigenvalue weighted by Crippen LogP contribution is 2.11. The molecule has 2 rings (SSSR count). The summed E-state index contributed by atoms with van der Waals surface area (Å²) in [6, 6.07) is 4.71. The van der Waals surface area contributed by atoms with E-state index >= 15 is 0 Å². The lowest BCUT2D eigenvalue weighted by Gasteiger charge is -2.32. The van der Waals surface area contributed by atoms with Crippen molar-refractivity contribution < 1.29 is 18.8 Å². The van der Waals surface area contributed by atoms with Gasteiger partial charge in [-0.1, -0.05) is 6.92 Å². The first kappa shape index (κ1) is 14.3. The van der Waals surface area contributed by atoms with Crippen molar-refractivity contribution in [3.63, 3.8) is 0 Å². The molecule has 1 fully saturated rings. The van der Waals surface area contributed by atoms with Crippen molar-refractivity contribution in [3.8, 4) is 0 Å². The number of benzene rings is 1. The minimum Gasteiger partial charge on any atom is -0.294 e. The third-order valence-electron chi connectivity index (χ3n) is 3.25. The highest BCUT2D eigenvalue weighted by molar-refractivity contribution is 6.03. The second kappa shape index (κ2) is 5.92. The fourth-order valence-electron chi connectivity index (χ4n) is 2.24. The van der Waals surface area contributed by atoms with E-state index in [9.17, 15) is 18.8 Å². The zero-order valence-electron chi connectivity index (χ0n) is 11.1. The molecule has 106 valence electrons. The lowest BCUT2D eigenvalue weighted by atomic mass is 10.1. The predicted molar refractivity (Wildman–Crippen MR) is 69.5 cm³/mol. The van der Waals surface area contributed by atoms with Gasteiger partial charge in [0.2, 0.25) is 11.8 Å². The number of hydrogen-bond donors (Lipinski definition) is 1. The molecule has 1 unspecified atom stereocenters. The van der Waals surface area contributed by atoms with Crippen LogP contribution in [0.3, 0.4) is 0 Å². The third-order valence-corrected chi connectivity index (χ3v) is 3.25. The molecule has 0 aliphatic carbocycles. The van der Waals surface area contributed by atoms with Crippen molar-refractivity contribution in [2.45, 2.75) is 19.4 Å². The van der Waals surface area contributed by atoms with Gasteiger partial charge in [0.25, 0.3) is 0 Å². The summed E-state index contributed by atoms with van der Waals surface area (Å²) in [7, 11) is 0. The molecule has 0 saturated carbocycles. The van der Waals surface area contributed by atoms with E-state index in [4.69, 9.17) is 0 Å². The van der Waals surface area contributed by atoms with Gasteiger partial charge in [-0.2, -0.15) is 0 Å². The van der Waals surface area contributed by atoms with Crippen molar-refractivity contribution >= 4 is 17.6 Å². The summed E-state index contributed by atoms with van der Waals surface area (Å²) in [5.41, 5.74) is 0.361. The van der Waals surface area contributed by atoms with E-state index in [1.165, 1.54) is 24.3 Å². The Hall–Kier alpha value is -2.08. The predicted octanol–water partition coefficient (Wildman–Crippen LogP) is 0.745. The van der Waals surface area contributed by atoms with Gasteiger partial charge >= 0.3 is 0 Å². The first-order valence-corrected chi connectivity index (χ1v) is 6.37. The molecule has 1 heterocycles. The second-order valence-corrected chi connectivity index (χ2v) is 4.67. The highest BCUT2D eigenvalue weighted by atomic mass is 19.1. The van der Waals surface area contributed by atoms with E-state index in [0.717, 1.165) is 0 Å². The number of imide groups is 1. The molecule has 5 nitrogen and oxygen atoms in total. The number of hydrogen-bond acceptors (Lipinski definition) is 4. The Morgan fingerprint density at radius 3 is 2.60 bits per heavy atom. The first-order chi connectivity index (χ1) is 9.51. The van der Waals surface area contributed by atoms with Crippen LogP contribution in [0, 0.1) is 5.82 Å². The van der Waals surface area contributed by atoms with E-state index in [1.54, 1.807) is 4.90 Å². The Kier molecular flexibility index (Phi) is 4.24. The van der Waals surface area contributed by atoms with Crippen LogP contribution in [-0.2, 0) is 9.59 Å². The van der Waals surface area contributed by atoms with E-state index in [2.05, 4.69) is 5.32 Å². The summed E-state index contributed by atoms with van der Waals surface area (Å²) < 4.78 is 12.8. The summed E-state index contributed by atoms with van der Waals surface area (Å²) in [4.78, 5) is 36.7. The zero-order valence-corrected chi connectivity index (χ0v) is 11.1. The summed E-state index contributed by atoms with van der Waals surface area (Å²) in [6.07, 6.45) is 0.510. The monoisotopic (exact) mass is 278 g/mol. The van der Waals surface area contributed by atoms with Crippen LogP contribution in [0.15, 0.2) is 24.3 Å². The highest BCUT2D eigenvalue weighted by Gasteiger charge is 2.33. The largest absolute Gasteiger partial charge is 0.294 e. The van der Waals surface area contributed by atoms with Gasteiger partial charge in [-0.25, -0.2) is 4.39 Å². The molecule has 1 aromatic rings. The lowest BCUT2D eigenvalue weighted by Crippen LogP contribution is -2.58. The number of piperazine rings is 1. The Morgan fingerprint density at radius 1 is 1.35 bits per heavy atom. The van der Waals surface area contributed by atoms with Crippen molar-refractivity contribution in [1.82, 2.24) is 10.2 Å². The molecule has 0 aromatic heterocycles. The van der Waals surface area contributed by atoms with Gasteiger partial charge < -0.3 is 0 Å². The molecule has 1 atom stereocenters. The minimum absolute atomic E-state index is 0.0111. The average molecular weight is 278 g/mol. The summed E-state index contributed by atoms with van der Waals surface area (Å²) in [5.74, 6) is -1.45. The summed E-state index contributed by atoms with van der Waals surface area (Å²) in [6.45, 7) is 1.79. The smallest absolute Gasteiger partial charge is 0.243 e. The number of carbonyl (C=O) groups excluding carboxylic acids is 3. The number of halogens is 1. The van der Waals surface area contributed by atoms with Crippen molar-refractivity contribution in [3.05, 3.63) is 35.6 Å². The lowest BCUT2D eigenvalue weighted by molar-refractivity contribution is -0.139. The Bertz CT molecular complexity index is 542. The molecular formula is C14H15FN2O3. The minimum atomic E-state index is -0.489. The van der Waals surface area contributed by atoms with E-state index in [1.807, 2.05) is 6.92 Å². The van der Waals surface area contributed by atoms with Crippen LogP contribution >= 0.6 is 0 Å². The molecule has 1 N–H and O–H groups in total. The van der Waals surface area contributed by atoms with Crippen LogP contribution in [0.2, 0.25) is 0 Å². The van der Waals surface area contributed by atoms with Gasteiger partial charge in [-0.05, 0) is 30.7 Å². The SMILES string of the molecule is CCC1C(=O)NC(=O)CN1CC(=O)c1ccc(F)cc1. The van der Waals surface area contributed by atoms with Crippen molar-refractivity contribution in [1.29, 1.82) is 0 Å².